The lowest BCUT2D eigenvalue weighted by Gasteiger charge is -2.22. The molecule has 0 spiro atoms. The van der Waals surface area contributed by atoms with Gasteiger partial charge in [-0.25, -0.2) is 4.79 Å². The SMILES string of the molecule is CC(CC=O)c1cccnc1.CNc1sc2c(c1C#N)CCC(OC(=O)NCc1cnoc1C)C2. The van der Waals surface area contributed by atoms with Crippen LogP contribution in [0.3, 0.4) is 0 Å². The number of aryl methyl sites for hydroxylation is 1. The van der Waals surface area contributed by atoms with Crippen LogP contribution in [0.1, 0.15) is 58.6 Å². The molecule has 9 nitrogen and oxygen atoms in total. The number of thiophene rings is 1. The number of anilines is 1. The van der Waals surface area contributed by atoms with Gasteiger partial charge in [0.2, 0.25) is 0 Å². The van der Waals surface area contributed by atoms with Crippen LogP contribution in [0.15, 0.2) is 35.2 Å². The van der Waals surface area contributed by atoms with Gasteiger partial charge >= 0.3 is 6.09 Å². The summed E-state index contributed by atoms with van der Waals surface area (Å²) in [5.41, 5.74) is 3.77. The van der Waals surface area contributed by atoms with E-state index >= 15 is 0 Å². The molecule has 184 valence electrons. The third-order valence-corrected chi connectivity index (χ3v) is 7.08. The highest BCUT2D eigenvalue weighted by atomic mass is 32.1. The number of amides is 1. The summed E-state index contributed by atoms with van der Waals surface area (Å²) in [6.07, 6.45) is 8.13. The summed E-state index contributed by atoms with van der Waals surface area (Å²) in [6, 6.07) is 6.14. The van der Waals surface area contributed by atoms with Gasteiger partial charge in [-0.1, -0.05) is 18.1 Å². The maximum atomic E-state index is 12.0. The van der Waals surface area contributed by atoms with Gasteiger partial charge < -0.3 is 24.7 Å². The van der Waals surface area contributed by atoms with Crippen LogP contribution in [0.2, 0.25) is 0 Å². The zero-order valence-electron chi connectivity index (χ0n) is 20.0. The molecule has 3 heterocycles. The number of rotatable bonds is 7. The van der Waals surface area contributed by atoms with E-state index in [9.17, 15) is 14.9 Å². The number of fused-ring (bicyclic) bond motifs is 1. The zero-order chi connectivity index (χ0) is 25.2. The Morgan fingerprint density at radius 3 is 2.91 bits per heavy atom. The van der Waals surface area contributed by atoms with Gasteiger partial charge in [0.25, 0.3) is 0 Å². The van der Waals surface area contributed by atoms with E-state index in [0.29, 0.717) is 31.1 Å². The van der Waals surface area contributed by atoms with Crippen LogP contribution in [-0.2, 0) is 28.9 Å². The molecular formula is C25H29N5O4S. The maximum absolute atomic E-state index is 12.0. The van der Waals surface area contributed by atoms with Crippen LogP contribution in [-0.4, -0.2) is 35.7 Å². The monoisotopic (exact) mass is 495 g/mol. The number of ether oxygens (including phenoxy) is 1. The highest BCUT2D eigenvalue weighted by Crippen LogP contribution is 2.38. The number of hydrogen-bond acceptors (Lipinski definition) is 9. The second kappa shape index (κ2) is 12.7. The normalized spacial score (nSPS) is 15.0. The van der Waals surface area contributed by atoms with E-state index in [1.165, 1.54) is 0 Å². The van der Waals surface area contributed by atoms with Crippen molar-refractivity contribution in [1.82, 2.24) is 15.5 Å². The van der Waals surface area contributed by atoms with Crippen molar-refractivity contribution in [2.24, 2.45) is 0 Å². The number of carbonyl (C=O) groups excluding carboxylic acids is 2. The molecular weight excluding hydrogens is 466 g/mol. The molecule has 0 saturated heterocycles. The fraction of sp³-hybridized carbons (Fsp3) is 0.400. The lowest BCUT2D eigenvalue weighted by molar-refractivity contribution is -0.108. The van der Waals surface area contributed by atoms with Crippen LogP contribution < -0.4 is 10.6 Å². The van der Waals surface area contributed by atoms with Crippen molar-refractivity contribution in [2.75, 3.05) is 12.4 Å². The molecule has 10 heteroatoms. The fourth-order valence-corrected chi connectivity index (χ4v) is 4.96. The quantitative estimate of drug-likeness (QED) is 0.458. The first-order valence-electron chi connectivity index (χ1n) is 11.4. The largest absolute Gasteiger partial charge is 0.446 e. The van der Waals surface area contributed by atoms with Crippen LogP contribution in [0.5, 0.6) is 0 Å². The summed E-state index contributed by atoms with van der Waals surface area (Å²) in [5.74, 6) is 0.973. The molecule has 0 aliphatic heterocycles. The standard InChI is InChI=1S/C16H18N4O3S.C9H11NO/c1-9-10(8-20-23-9)7-19-16(21)22-11-3-4-12-13(6-17)15(18-2)24-14(12)5-11;1-8(4-6-11)9-3-2-5-10-7-9/h8,11,18H,3-5,7H2,1-2H3,(H,19,21);2-3,5-8H,4H2,1H3. The van der Waals surface area contributed by atoms with E-state index < -0.39 is 6.09 Å². The lowest BCUT2D eigenvalue weighted by Crippen LogP contribution is -2.31. The number of aldehydes is 1. The molecule has 1 aliphatic carbocycles. The van der Waals surface area contributed by atoms with Gasteiger partial charge in [-0.05, 0) is 42.9 Å². The molecule has 2 unspecified atom stereocenters. The van der Waals surface area contributed by atoms with E-state index in [4.69, 9.17) is 9.26 Å². The Balaban J connectivity index is 0.000000261. The van der Waals surface area contributed by atoms with Crippen LogP contribution in [0.25, 0.3) is 0 Å². The number of aromatic nitrogens is 2. The van der Waals surface area contributed by atoms with Gasteiger partial charge in [-0.15, -0.1) is 11.3 Å². The predicted octanol–water partition coefficient (Wildman–Crippen LogP) is 4.52. The lowest BCUT2D eigenvalue weighted by atomic mass is 9.94. The average Bonchev–Trinajstić information content (AvgIpc) is 3.45. The molecule has 1 aliphatic rings. The van der Waals surface area contributed by atoms with E-state index in [1.807, 2.05) is 26.1 Å². The van der Waals surface area contributed by atoms with Gasteiger partial charge in [-0.3, -0.25) is 4.98 Å². The zero-order valence-corrected chi connectivity index (χ0v) is 20.9. The van der Waals surface area contributed by atoms with E-state index in [2.05, 4.69) is 26.8 Å². The number of alkyl carbamates (subject to hydrolysis) is 1. The third-order valence-electron chi connectivity index (χ3n) is 5.81. The Bertz CT molecular complexity index is 1170. The average molecular weight is 496 g/mol. The minimum absolute atomic E-state index is 0.170. The van der Waals surface area contributed by atoms with Crippen molar-refractivity contribution < 1.29 is 18.8 Å². The molecule has 3 aromatic rings. The summed E-state index contributed by atoms with van der Waals surface area (Å²) < 4.78 is 10.5. The summed E-state index contributed by atoms with van der Waals surface area (Å²) >= 11 is 1.56. The topological polar surface area (TPSA) is 130 Å². The van der Waals surface area contributed by atoms with E-state index in [-0.39, 0.29) is 6.10 Å². The summed E-state index contributed by atoms with van der Waals surface area (Å²) in [6.45, 7) is 4.14. The first-order chi connectivity index (χ1) is 17.0. The number of nitriles is 1. The van der Waals surface area contributed by atoms with Crippen molar-refractivity contribution in [2.45, 2.75) is 58.1 Å². The molecule has 0 bridgehead atoms. The van der Waals surface area contributed by atoms with Crippen molar-refractivity contribution in [1.29, 1.82) is 5.26 Å². The molecule has 2 atom stereocenters. The number of hydrogen-bond donors (Lipinski definition) is 2. The van der Waals surface area contributed by atoms with Gasteiger partial charge in [0.1, 0.15) is 29.2 Å². The summed E-state index contributed by atoms with van der Waals surface area (Å²) in [5, 5.41) is 19.6. The Hall–Kier alpha value is -3.71. The fourth-order valence-electron chi connectivity index (χ4n) is 3.75. The molecule has 1 amide bonds. The molecule has 0 fully saturated rings. The minimum Gasteiger partial charge on any atom is -0.446 e. The third kappa shape index (κ3) is 6.90. The van der Waals surface area contributed by atoms with Gasteiger partial charge in [0.05, 0.1) is 18.3 Å². The van der Waals surface area contributed by atoms with Crippen molar-refractivity contribution in [3.8, 4) is 6.07 Å². The predicted molar refractivity (Wildman–Crippen MR) is 132 cm³/mol. The second-order valence-electron chi connectivity index (χ2n) is 8.19. The Kier molecular flexibility index (Phi) is 9.38. The smallest absolute Gasteiger partial charge is 0.407 e. The van der Waals surface area contributed by atoms with Crippen molar-refractivity contribution in [3.63, 3.8) is 0 Å². The van der Waals surface area contributed by atoms with Gasteiger partial charge in [0.15, 0.2) is 0 Å². The van der Waals surface area contributed by atoms with Crippen molar-refractivity contribution >= 4 is 28.7 Å². The van der Waals surface area contributed by atoms with E-state index in [1.54, 1.807) is 36.9 Å². The maximum Gasteiger partial charge on any atom is 0.407 e. The second-order valence-corrected chi connectivity index (χ2v) is 9.30. The Labute approximate surface area is 208 Å². The minimum atomic E-state index is -0.449. The van der Waals surface area contributed by atoms with Crippen molar-refractivity contribution in [3.05, 3.63) is 63.6 Å². The van der Waals surface area contributed by atoms with Gasteiger partial charge in [0, 0.05) is 42.7 Å². The van der Waals surface area contributed by atoms with Crippen LogP contribution >= 0.6 is 11.3 Å². The van der Waals surface area contributed by atoms with Crippen LogP contribution in [0.4, 0.5) is 9.80 Å². The molecule has 2 N–H and O–H groups in total. The molecule has 35 heavy (non-hydrogen) atoms. The van der Waals surface area contributed by atoms with Crippen LogP contribution in [0, 0.1) is 18.3 Å². The van der Waals surface area contributed by atoms with Gasteiger partial charge in [-0.2, -0.15) is 5.26 Å². The number of pyridine rings is 1. The first kappa shape index (κ1) is 25.9. The molecule has 0 saturated carbocycles. The number of carbonyl (C=O) groups is 2. The number of nitrogens with one attached hydrogen (secondary N) is 2. The Morgan fingerprint density at radius 1 is 1.46 bits per heavy atom. The first-order valence-corrected chi connectivity index (χ1v) is 12.2. The Morgan fingerprint density at radius 2 is 2.29 bits per heavy atom. The summed E-state index contributed by atoms with van der Waals surface area (Å²) in [4.78, 5) is 27.2. The highest BCUT2D eigenvalue weighted by molar-refractivity contribution is 7.16. The number of nitrogens with zero attached hydrogens (tertiary/aromatic N) is 3. The molecule has 0 radical (unpaired) electrons. The molecule has 3 aromatic heterocycles. The molecule has 4 rings (SSSR count). The summed E-state index contributed by atoms with van der Waals surface area (Å²) in [7, 11) is 1.81. The highest BCUT2D eigenvalue weighted by Gasteiger charge is 2.27. The molecule has 0 aromatic carbocycles. The van der Waals surface area contributed by atoms with E-state index in [0.717, 1.165) is 51.3 Å².